The molecule has 1 aromatic rings. The quantitative estimate of drug-likeness (QED) is 0.468. The number of esters is 1. The van der Waals surface area contributed by atoms with Crippen LogP contribution in [0.15, 0.2) is 24.3 Å². The summed E-state index contributed by atoms with van der Waals surface area (Å²) >= 11 is 0. The van der Waals surface area contributed by atoms with Crippen molar-refractivity contribution in [2.45, 2.75) is 57.5 Å². The maximum atomic E-state index is 13.0. The van der Waals surface area contributed by atoms with Crippen LogP contribution < -0.4 is 0 Å². The molecule has 1 spiro atoms. The zero-order valence-electron chi connectivity index (χ0n) is 14.8. The molecule has 1 aromatic carbocycles. The number of carbonyl (C=O) groups is 1. The molecule has 24 heavy (non-hydrogen) atoms. The molecule has 2 unspecified atom stereocenters. The molecule has 0 N–H and O–H groups in total. The Hall–Kier alpha value is -1.39. The molecule has 2 bridgehead atoms. The van der Waals surface area contributed by atoms with Crippen LogP contribution in [-0.4, -0.2) is 20.4 Å². The van der Waals surface area contributed by atoms with Crippen molar-refractivity contribution < 1.29 is 14.0 Å². The van der Waals surface area contributed by atoms with Gasteiger partial charge in [0.15, 0.2) is 8.32 Å². The molecule has 4 heteroatoms. The van der Waals surface area contributed by atoms with Gasteiger partial charge in [-0.25, -0.2) is 0 Å². The fourth-order valence-corrected chi connectivity index (χ4v) is 7.08. The minimum atomic E-state index is -1.87. The summed E-state index contributed by atoms with van der Waals surface area (Å²) in [6.45, 7) is 8.89. The molecule has 0 aromatic heterocycles. The van der Waals surface area contributed by atoms with Crippen molar-refractivity contribution >= 4 is 14.3 Å². The lowest BCUT2D eigenvalue weighted by molar-refractivity contribution is -0.217. The molecule has 1 fully saturated rings. The number of carbonyl (C=O) groups excluding carboxylic acids is 1. The summed E-state index contributed by atoms with van der Waals surface area (Å²) in [7, 11) is -1.87. The van der Waals surface area contributed by atoms with Gasteiger partial charge in [0.1, 0.15) is 17.1 Å². The summed E-state index contributed by atoms with van der Waals surface area (Å²) in [6.07, 6.45) is 6.81. The van der Waals surface area contributed by atoms with Crippen LogP contribution >= 0.6 is 0 Å². The Balaban J connectivity index is 1.88. The number of fused-ring (bicyclic) bond motifs is 1. The van der Waals surface area contributed by atoms with Crippen LogP contribution in [0.3, 0.4) is 0 Å². The molecular formula is C20H24O3Si. The Morgan fingerprint density at radius 2 is 2.08 bits per heavy atom. The lowest BCUT2D eigenvalue weighted by Crippen LogP contribution is -2.68. The molecule has 2 aliphatic heterocycles. The minimum Gasteiger partial charge on any atom is -0.457 e. The van der Waals surface area contributed by atoms with E-state index in [0.29, 0.717) is 0 Å². The van der Waals surface area contributed by atoms with Crippen LogP contribution in [0.5, 0.6) is 0 Å². The molecule has 6 rings (SSSR count). The molecule has 4 atom stereocenters. The van der Waals surface area contributed by atoms with E-state index in [1.165, 1.54) is 22.3 Å². The summed E-state index contributed by atoms with van der Waals surface area (Å²) in [4.78, 5) is 13.0. The predicted molar refractivity (Wildman–Crippen MR) is 94.3 cm³/mol. The molecule has 5 aliphatic rings. The van der Waals surface area contributed by atoms with E-state index in [4.69, 9.17) is 9.16 Å². The van der Waals surface area contributed by atoms with Gasteiger partial charge in [-0.2, -0.15) is 0 Å². The average molecular weight is 340 g/mol. The first kappa shape index (κ1) is 14.9. The van der Waals surface area contributed by atoms with Crippen LogP contribution in [0, 0.1) is 18.3 Å². The van der Waals surface area contributed by atoms with Gasteiger partial charge in [0.2, 0.25) is 0 Å². The van der Waals surface area contributed by atoms with Gasteiger partial charge in [-0.05, 0) is 74.2 Å². The molecule has 3 nitrogen and oxygen atoms in total. The summed E-state index contributed by atoms with van der Waals surface area (Å²) in [6, 6.07) is 4.50. The lowest BCUT2D eigenvalue weighted by atomic mass is 9.54. The van der Waals surface area contributed by atoms with Gasteiger partial charge in [0.25, 0.3) is 0 Å². The Morgan fingerprint density at radius 1 is 1.29 bits per heavy atom. The topological polar surface area (TPSA) is 35.5 Å². The number of hydrogen-bond acceptors (Lipinski definition) is 3. The van der Waals surface area contributed by atoms with E-state index in [-0.39, 0.29) is 18.0 Å². The third-order valence-electron chi connectivity index (χ3n) is 6.44. The van der Waals surface area contributed by atoms with Crippen LogP contribution in [0.2, 0.25) is 19.6 Å². The fraction of sp³-hybridized carbons (Fsp3) is 0.550. The highest BCUT2D eigenvalue weighted by atomic mass is 28.4. The van der Waals surface area contributed by atoms with Gasteiger partial charge >= 0.3 is 5.97 Å². The van der Waals surface area contributed by atoms with Crippen molar-refractivity contribution in [2.24, 2.45) is 11.3 Å². The van der Waals surface area contributed by atoms with Crippen molar-refractivity contribution in [3.8, 4) is 0 Å². The zero-order chi connectivity index (χ0) is 16.9. The van der Waals surface area contributed by atoms with E-state index in [0.717, 1.165) is 19.3 Å². The van der Waals surface area contributed by atoms with E-state index >= 15 is 0 Å². The molecule has 1 saturated heterocycles. The van der Waals surface area contributed by atoms with Gasteiger partial charge in [-0.1, -0.05) is 18.2 Å². The highest BCUT2D eigenvalue weighted by molar-refractivity contribution is 6.69. The summed E-state index contributed by atoms with van der Waals surface area (Å²) in [5, 5.41) is 0. The van der Waals surface area contributed by atoms with Crippen molar-refractivity contribution in [1.82, 2.24) is 0 Å². The van der Waals surface area contributed by atoms with Crippen molar-refractivity contribution in [2.75, 3.05) is 0 Å². The number of rotatable bonds is 2. The second-order valence-electron chi connectivity index (χ2n) is 8.86. The summed E-state index contributed by atoms with van der Waals surface area (Å²) in [5.41, 5.74) is 4.33. The SMILES string of the molecule is Cc1ccc2c3c1C[C@@H]1[C@H]4C=CC(CC2)(C(=O)O4)C31O[Si](C)(C)C. The number of ether oxygens (including phenoxy) is 1. The monoisotopic (exact) mass is 340 g/mol. The second-order valence-corrected chi connectivity index (χ2v) is 13.3. The second kappa shape index (κ2) is 4.22. The highest BCUT2D eigenvalue weighted by Gasteiger charge is 2.73. The molecule has 2 heterocycles. The van der Waals surface area contributed by atoms with Gasteiger partial charge in [0, 0.05) is 5.92 Å². The van der Waals surface area contributed by atoms with E-state index in [1.807, 2.05) is 0 Å². The predicted octanol–water partition coefficient (Wildman–Crippen LogP) is 3.64. The first-order chi connectivity index (χ1) is 11.3. The van der Waals surface area contributed by atoms with E-state index in [9.17, 15) is 4.79 Å². The molecule has 0 saturated carbocycles. The maximum Gasteiger partial charge on any atom is 0.319 e. The van der Waals surface area contributed by atoms with Crippen molar-refractivity contribution in [3.05, 3.63) is 46.5 Å². The van der Waals surface area contributed by atoms with Gasteiger partial charge in [-0.15, -0.1) is 0 Å². The molecule has 0 amide bonds. The van der Waals surface area contributed by atoms with Crippen LogP contribution in [-0.2, 0) is 32.4 Å². The lowest BCUT2D eigenvalue weighted by Gasteiger charge is -2.60. The normalized spacial score (nSPS) is 38.2. The van der Waals surface area contributed by atoms with Crippen molar-refractivity contribution in [3.63, 3.8) is 0 Å². The van der Waals surface area contributed by atoms with Crippen LogP contribution in [0.1, 0.15) is 28.7 Å². The van der Waals surface area contributed by atoms with Crippen LogP contribution in [0.4, 0.5) is 0 Å². The van der Waals surface area contributed by atoms with E-state index in [1.54, 1.807) is 0 Å². The highest BCUT2D eigenvalue weighted by Crippen LogP contribution is 2.67. The zero-order valence-corrected chi connectivity index (χ0v) is 15.8. The molecule has 3 aliphatic carbocycles. The Labute approximate surface area is 144 Å². The maximum absolute atomic E-state index is 13.0. The van der Waals surface area contributed by atoms with Crippen molar-refractivity contribution in [1.29, 1.82) is 0 Å². The Kier molecular flexibility index (Phi) is 2.62. The smallest absolute Gasteiger partial charge is 0.319 e. The third-order valence-corrected chi connectivity index (χ3v) is 7.38. The Bertz CT molecular complexity index is 806. The molecule has 0 radical (unpaired) electrons. The Morgan fingerprint density at radius 3 is 2.79 bits per heavy atom. The number of hydrogen-bond donors (Lipinski definition) is 0. The third kappa shape index (κ3) is 1.50. The minimum absolute atomic E-state index is 0.0653. The van der Waals surface area contributed by atoms with Gasteiger partial charge in [0.05, 0.1) is 0 Å². The first-order valence-corrected chi connectivity index (χ1v) is 12.4. The largest absolute Gasteiger partial charge is 0.457 e. The standard InChI is InChI=1S/C20H24O3Si/c1-12-5-6-13-7-9-19-10-8-16(22-18(19)21)15-11-14(12)17(13)20(15,19)23-24(2,3)4/h5-6,8,10,15-16H,7,9,11H2,1-4H3/t15-,16-,19?,20?/m1/s1. The molecule has 126 valence electrons. The average Bonchev–Trinajstić information content (AvgIpc) is 2.84. The van der Waals surface area contributed by atoms with Crippen LogP contribution in [0.25, 0.3) is 0 Å². The first-order valence-electron chi connectivity index (χ1n) is 9.01. The van der Waals surface area contributed by atoms with E-state index in [2.05, 4.69) is 50.8 Å². The van der Waals surface area contributed by atoms with E-state index < -0.39 is 19.3 Å². The van der Waals surface area contributed by atoms with Gasteiger partial charge < -0.3 is 9.16 Å². The number of aryl methyl sites for hydroxylation is 2. The summed E-state index contributed by atoms with van der Waals surface area (Å²) < 4.78 is 12.8. The molecular weight excluding hydrogens is 316 g/mol. The fourth-order valence-electron chi connectivity index (χ4n) is 5.68. The summed E-state index contributed by atoms with van der Waals surface area (Å²) in [5.74, 6) is 0.159. The van der Waals surface area contributed by atoms with Gasteiger partial charge in [-0.3, -0.25) is 4.79 Å². The number of benzene rings is 1.